The smallest absolute Gasteiger partial charge is 0.335 e. The number of allylic oxidation sites excluding steroid dienone is 2. The van der Waals surface area contributed by atoms with Gasteiger partial charge in [0.2, 0.25) is 5.88 Å². The molecule has 0 aliphatic carbocycles. The maximum absolute atomic E-state index is 12.5. The van der Waals surface area contributed by atoms with Gasteiger partial charge in [0.15, 0.2) is 4.77 Å². The summed E-state index contributed by atoms with van der Waals surface area (Å²) in [5.41, 5.74) is 2.69. The second-order valence-corrected chi connectivity index (χ2v) is 7.55. The van der Waals surface area contributed by atoms with Crippen LogP contribution in [0.25, 0.3) is 6.08 Å². The second-order valence-electron chi connectivity index (χ2n) is 7.17. The normalized spacial score (nSPS) is 14.0. The van der Waals surface area contributed by atoms with E-state index in [4.69, 9.17) is 17.3 Å². The maximum Gasteiger partial charge on any atom is 0.335 e. The summed E-state index contributed by atoms with van der Waals surface area (Å²) in [5, 5.41) is 19.8. The number of nitrogens with one attached hydrogen (secondary N) is 1. The Kier molecular flexibility index (Phi) is 5.96. The van der Waals surface area contributed by atoms with E-state index < -0.39 is 11.5 Å². The SMILES string of the molecule is O=C(O)c1ccc(C2=N/C(=C\c3c(O)n(CCc4ccccc4)c(=S)[nH]c3=O)C=C2)cc1. The quantitative estimate of drug-likeness (QED) is 0.498. The van der Waals surface area contributed by atoms with Crippen LogP contribution in [-0.4, -0.2) is 31.4 Å². The first kappa shape index (κ1) is 21.2. The zero-order valence-corrected chi connectivity index (χ0v) is 17.7. The van der Waals surface area contributed by atoms with Gasteiger partial charge in [-0.15, -0.1) is 0 Å². The van der Waals surface area contributed by atoms with E-state index >= 15 is 0 Å². The van der Waals surface area contributed by atoms with Crippen LogP contribution in [0.5, 0.6) is 5.88 Å². The van der Waals surface area contributed by atoms with Gasteiger partial charge in [0.05, 0.1) is 17.0 Å². The van der Waals surface area contributed by atoms with Gasteiger partial charge in [-0.3, -0.25) is 14.3 Å². The number of aromatic hydroxyl groups is 1. The summed E-state index contributed by atoms with van der Waals surface area (Å²) in [6.07, 6.45) is 5.61. The minimum atomic E-state index is -0.999. The first-order chi connectivity index (χ1) is 15.4. The minimum Gasteiger partial charge on any atom is -0.494 e. The molecule has 0 spiro atoms. The second kappa shape index (κ2) is 8.99. The van der Waals surface area contributed by atoms with Gasteiger partial charge in [-0.1, -0.05) is 42.5 Å². The average Bonchev–Trinajstić information content (AvgIpc) is 3.26. The molecule has 3 aromatic rings. The van der Waals surface area contributed by atoms with Gasteiger partial charge in [-0.05, 0) is 54.6 Å². The van der Waals surface area contributed by atoms with Gasteiger partial charge >= 0.3 is 5.97 Å². The van der Waals surface area contributed by atoms with Crippen LogP contribution in [0, 0.1) is 4.77 Å². The number of nitrogens with zero attached hydrogens (tertiary/aromatic N) is 2. The number of aromatic nitrogens is 2. The minimum absolute atomic E-state index is 0.0672. The molecule has 0 amide bonds. The third-order valence-corrected chi connectivity index (χ3v) is 5.38. The molecule has 1 aliphatic rings. The summed E-state index contributed by atoms with van der Waals surface area (Å²) in [6, 6.07) is 16.1. The van der Waals surface area contributed by atoms with Crippen molar-refractivity contribution in [2.75, 3.05) is 0 Å². The lowest BCUT2D eigenvalue weighted by molar-refractivity contribution is 0.0697. The molecule has 2 aromatic carbocycles. The van der Waals surface area contributed by atoms with Gasteiger partial charge in [-0.25, -0.2) is 9.79 Å². The van der Waals surface area contributed by atoms with Gasteiger partial charge in [0.1, 0.15) is 5.56 Å². The highest BCUT2D eigenvalue weighted by Gasteiger charge is 2.14. The van der Waals surface area contributed by atoms with Crippen molar-refractivity contribution in [3.8, 4) is 5.88 Å². The molecule has 0 atom stereocenters. The highest BCUT2D eigenvalue weighted by Crippen LogP contribution is 2.22. The first-order valence-electron chi connectivity index (χ1n) is 9.84. The van der Waals surface area contributed by atoms with E-state index in [1.807, 2.05) is 30.3 Å². The largest absolute Gasteiger partial charge is 0.494 e. The summed E-state index contributed by atoms with van der Waals surface area (Å²) in [4.78, 5) is 30.6. The number of aryl methyl sites for hydroxylation is 1. The molecule has 1 aliphatic heterocycles. The van der Waals surface area contributed by atoms with E-state index in [9.17, 15) is 14.7 Å². The summed E-state index contributed by atoms with van der Waals surface area (Å²) in [6.45, 7) is 0.405. The van der Waals surface area contributed by atoms with Crippen molar-refractivity contribution in [3.05, 3.63) is 110 Å². The Bertz CT molecular complexity index is 1380. The van der Waals surface area contributed by atoms with Crippen molar-refractivity contribution in [1.29, 1.82) is 0 Å². The van der Waals surface area contributed by atoms with E-state index in [1.54, 1.807) is 24.3 Å². The fourth-order valence-electron chi connectivity index (χ4n) is 3.35. The molecule has 0 radical (unpaired) electrons. The Morgan fingerprint density at radius 2 is 1.81 bits per heavy atom. The first-order valence-corrected chi connectivity index (χ1v) is 10.3. The molecule has 1 aromatic heterocycles. The lowest BCUT2D eigenvalue weighted by Gasteiger charge is -2.11. The third kappa shape index (κ3) is 4.50. The highest BCUT2D eigenvalue weighted by molar-refractivity contribution is 7.71. The molecule has 32 heavy (non-hydrogen) atoms. The molecule has 0 unspecified atom stereocenters. The Hall–Kier alpha value is -4.04. The Morgan fingerprint density at radius 1 is 1.09 bits per heavy atom. The molecule has 0 fully saturated rings. The number of rotatable bonds is 6. The summed E-state index contributed by atoms with van der Waals surface area (Å²) in [7, 11) is 0. The van der Waals surface area contributed by atoms with Crippen LogP contribution in [-0.2, 0) is 13.0 Å². The number of hydrogen-bond acceptors (Lipinski definition) is 5. The molecular weight excluding hydrogens is 426 g/mol. The van der Waals surface area contributed by atoms with Gasteiger partial charge in [0, 0.05) is 12.1 Å². The fraction of sp³-hybridized carbons (Fsp3) is 0.0833. The lowest BCUT2D eigenvalue weighted by Crippen LogP contribution is -2.17. The summed E-state index contributed by atoms with van der Waals surface area (Å²) in [5.74, 6) is -1.22. The predicted molar refractivity (Wildman–Crippen MR) is 125 cm³/mol. The highest BCUT2D eigenvalue weighted by atomic mass is 32.1. The number of carbonyl (C=O) groups is 1. The van der Waals surface area contributed by atoms with Crippen molar-refractivity contribution < 1.29 is 15.0 Å². The molecule has 160 valence electrons. The van der Waals surface area contributed by atoms with Crippen LogP contribution in [0.3, 0.4) is 0 Å². The number of aliphatic imine (C=N–C) groups is 1. The van der Waals surface area contributed by atoms with Crippen LogP contribution < -0.4 is 5.56 Å². The number of H-pyrrole nitrogens is 1. The molecule has 0 bridgehead atoms. The Balaban J connectivity index is 1.62. The Morgan fingerprint density at radius 3 is 2.50 bits per heavy atom. The lowest BCUT2D eigenvalue weighted by atomic mass is 10.1. The van der Waals surface area contributed by atoms with Crippen LogP contribution in [0.15, 0.2) is 82.2 Å². The molecule has 4 rings (SSSR count). The third-order valence-electron chi connectivity index (χ3n) is 5.06. The van der Waals surface area contributed by atoms with E-state index in [-0.39, 0.29) is 21.8 Å². The van der Waals surface area contributed by atoms with Crippen molar-refractivity contribution in [3.63, 3.8) is 0 Å². The number of hydrogen-bond donors (Lipinski definition) is 3. The molecule has 7 nitrogen and oxygen atoms in total. The van der Waals surface area contributed by atoms with Crippen molar-refractivity contribution in [2.45, 2.75) is 13.0 Å². The van der Waals surface area contributed by atoms with Crippen LogP contribution in [0.2, 0.25) is 0 Å². The van der Waals surface area contributed by atoms with Crippen LogP contribution in [0.1, 0.15) is 27.0 Å². The number of aromatic carboxylic acids is 1. The van der Waals surface area contributed by atoms with Crippen molar-refractivity contribution in [2.24, 2.45) is 4.99 Å². The van der Waals surface area contributed by atoms with Gasteiger partial charge in [-0.2, -0.15) is 0 Å². The van der Waals surface area contributed by atoms with Crippen LogP contribution in [0.4, 0.5) is 0 Å². The summed E-state index contributed by atoms with van der Waals surface area (Å²) >= 11 is 5.24. The topological polar surface area (TPSA) is 108 Å². The monoisotopic (exact) mass is 445 g/mol. The number of benzene rings is 2. The van der Waals surface area contributed by atoms with E-state index in [0.29, 0.717) is 24.4 Å². The van der Waals surface area contributed by atoms with E-state index in [1.165, 1.54) is 22.8 Å². The molecule has 8 heteroatoms. The molecule has 0 saturated heterocycles. The van der Waals surface area contributed by atoms with E-state index in [2.05, 4.69) is 9.98 Å². The molecule has 3 N–H and O–H groups in total. The maximum atomic E-state index is 12.5. The zero-order valence-electron chi connectivity index (χ0n) is 16.9. The van der Waals surface area contributed by atoms with Crippen LogP contribution >= 0.6 is 12.2 Å². The number of carboxylic acid groups (broad SMARTS) is 1. The van der Waals surface area contributed by atoms with Gasteiger partial charge < -0.3 is 10.2 Å². The van der Waals surface area contributed by atoms with Crippen molar-refractivity contribution >= 4 is 30.0 Å². The predicted octanol–water partition coefficient (Wildman–Crippen LogP) is 3.95. The molecule has 2 heterocycles. The summed E-state index contributed by atoms with van der Waals surface area (Å²) < 4.78 is 1.64. The standard InChI is InChI=1S/C24H19N3O4S/c28-21-19(22(29)27(24(32)26-21)13-12-15-4-2-1-3-5-15)14-18-10-11-20(25-18)16-6-8-17(9-7-16)23(30)31/h1-11,14,29H,12-13H2,(H,30,31)(H,26,28,32)/b18-14-. The zero-order chi connectivity index (χ0) is 22.7. The van der Waals surface area contributed by atoms with E-state index in [0.717, 1.165) is 11.1 Å². The average molecular weight is 446 g/mol. The fourth-order valence-corrected chi connectivity index (χ4v) is 3.62. The molecule has 0 saturated carbocycles. The Labute approximate surface area is 188 Å². The number of carboxylic acids is 1. The van der Waals surface area contributed by atoms with Gasteiger partial charge in [0.25, 0.3) is 5.56 Å². The number of aromatic amines is 1. The molecular formula is C24H19N3O4S. The van der Waals surface area contributed by atoms with Crippen molar-refractivity contribution in [1.82, 2.24) is 9.55 Å².